The lowest BCUT2D eigenvalue weighted by Gasteiger charge is -2.09. The molecular formula is C12H21ClN6O3. The molecule has 0 saturated heterocycles. The molecule has 1 rings (SSSR count). The molecule has 9 nitrogen and oxygen atoms in total. The molecule has 0 aromatic carbocycles. The van der Waals surface area contributed by atoms with Crippen molar-refractivity contribution in [3.8, 4) is 0 Å². The van der Waals surface area contributed by atoms with E-state index in [-0.39, 0.29) is 11.9 Å². The second kappa shape index (κ2) is 10.8. The molecule has 0 unspecified atom stereocenters. The Morgan fingerprint density at radius 3 is 2.45 bits per heavy atom. The summed E-state index contributed by atoms with van der Waals surface area (Å²) >= 11 is 5.83. The summed E-state index contributed by atoms with van der Waals surface area (Å²) in [6.45, 7) is 4.19. The molecule has 0 fully saturated rings. The van der Waals surface area contributed by atoms with Gasteiger partial charge in [-0.1, -0.05) is 0 Å². The van der Waals surface area contributed by atoms with Crippen LogP contribution >= 0.6 is 11.6 Å². The lowest BCUT2D eigenvalue weighted by Crippen LogP contribution is -2.26. The number of nitrogens with one attached hydrogen (secondary N) is 3. The molecule has 0 atom stereocenters. The van der Waals surface area contributed by atoms with Crippen LogP contribution in [0.4, 0.5) is 16.7 Å². The lowest BCUT2D eigenvalue weighted by atomic mass is 10.4. The minimum atomic E-state index is -0.460. The predicted octanol–water partition coefficient (Wildman–Crippen LogP) is 1.13. The Balaban J connectivity index is 2.36. The van der Waals surface area contributed by atoms with Crippen LogP contribution in [0.25, 0.3) is 0 Å². The number of halogens is 1. The highest BCUT2D eigenvalue weighted by molar-refractivity contribution is 6.28. The summed E-state index contributed by atoms with van der Waals surface area (Å²) in [6.07, 6.45) is 0.363. The van der Waals surface area contributed by atoms with Gasteiger partial charge in [0.15, 0.2) is 0 Å². The Bertz CT molecular complexity index is 462. The monoisotopic (exact) mass is 332 g/mol. The van der Waals surface area contributed by atoms with E-state index in [1.54, 1.807) is 7.11 Å². The van der Waals surface area contributed by atoms with E-state index in [4.69, 9.17) is 21.1 Å². The van der Waals surface area contributed by atoms with E-state index in [1.165, 1.54) is 0 Å². The molecule has 0 aliphatic carbocycles. The van der Waals surface area contributed by atoms with Gasteiger partial charge in [0.05, 0.1) is 6.54 Å². The van der Waals surface area contributed by atoms with Crippen molar-refractivity contribution < 1.29 is 14.3 Å². The van der Waals surface area contributed by atoms with Gasteiger partial charge in [-0.05, 0) is 24.9 Å². The first kappa shape index (κ1) is 18.2. The molecule has 0 aliphatic heterocycles. The van der Waals surface area contributed by atoms with Crippen molar-refractivity contribution in [2.45, 2.75) is 13.3 Å². The van der Waals surface area contributed by atoms with Crippen molar-refractivity contribution in [2.75, 3.05) is 50.6 Å². The lowest BCUT2D eigenvalue weighted by molar-refractivity contribution is 0.151. The summed E-state index contributed by atoms with van der Waals surface area (Å²) in [5.41, 5.74) is 0. The summed E-state index contributed by atoms with van der Waals surface area (Å²) in [6, 6.07) is 0. The number of ether oxygens (including phenoxy) is 2. The molecule has 0 radical (unpaired) electrons. The second-order valence-corrected chi connectivity index (χ2v) is 4.46. The molecule has 1 heterocycles. The largest absolute Gasteiger partial charge is 0.448 e. The van der Waals surface area contributed by atoms with Gasteiger partial charge in [0.2, 0.25) is 17.2 Å². The first-order valence-corrected chi connectivity index (χ1v) is 7.32. The van der Waals surface area contributed by atoms with Crippen LogP contribution in [0.15, 0.2) is 0 Å². The average molecular weight is 333 g/mol. The van der Waals surface area contributed by atoms with Crippen molar-refractivity contribution in [1.29, 1.82) is 0 Å². The minimum absolute atomic E-state index is 0.0800. The summed E-state index contributed by atoms with van der Waals surface area (Å²) in [7, 11) is 1.64. The quantitative estimate of drug-likeness (QED) is 0.547. The van der Waals surface area contributed by atoms with Gasteiger partial charge >= 0.3 is 6.09 Å². The molecular weight excluding hydrogens is 312 g/mol. The fraction of sp³-hybridized carbons (Fsp3) is 0.667. The fourth-order valence-electron chi connectivity index (χ4n) is 1.43. The van der Waals surface area contributed by atoms with Crippen LogP contribution in [-0.2, 0) is 9.47 Å². The maximum atomic E-state index is 11.1. The summed E-state index contributed by atoms with van der Waals surface area (Å²) in [5.74, 6) is 0.692. The molecule has 0 aliphatic rings. The van der Waals surface area contributed by atoms with Gasteiger partial charge in [-0.15, -0.1) is 0 Å². The zero-order valence-electron chi connectivity index (χ0n) is 12.7. The predicted molar refractivity (Wildman–Crippen MR) is 83.3 cm³/mol. The third kappa shape index (κ3) is 7.79. The number of carbonyl (C=O) groups is 1. The highest BCUT2D eigenvalue weighted by atomic mass is 35.5. The average Bonchev–Trinajstić information content (AvgIpc) is 2.48. The number of nitrogens with zero attached hydrogens (tertiary/aromatic N) is 3. The number of hydrogen-bond acceptors (Lipinski definition) is 8. The van der Waals surface area contributed by atoms with E-state index in [9.17, 15) is 4.79 Å². The van der Waals surface area contributed by atoms with Crippen LogP contribution in [0.1, 0.15) is 13.3 Å². The van der Waals surface area contributed by atoms with Crippen LogP contribution in [-0.4, -0.2) is 61.0 Å². The van der Waals surface area contributed by atoms with E-state index >= 15 is 0 Å². The standard InChI is InChI=1S/C12H21ClN6O3/c1-3-14-12(20)22-8-6-16-11-18-9(13)17-10(19-11)15-5-4-7-21-2/h3-8H2,1-2H3,(H,14,20)(H2,15,16,17,18,19). The summed E-state index contributed by atoms with van der Waals surface area (Å²) < 4.78 is 9.86. The van der Waals surface area contributed by atoms with Gasteiger partial charge in [0.1, 0.15) is 6.61 Å². The number of anilines is 2. The molecule has 0 bridgehead atoms. The molecule has 124 valence electrons. The number of methoxy groups -OCH3 is 1. The summed E-state index contributed by atoms with van der Waals surface area (Å²) in [5, 5.41) is 8.54. The topological polar surface area (TPSA) is 110 Å². The van der Waals surface area contributed by atoms with Crippen LogP contribution in [0, 0.1) is 0 Å². The zero-order chi connectivity index (χ0) is 16.2. The third-order valence-corrected chi connectivity index (χ3v) is 2.52. The number of rotatable bonds is 10. The van der Waals surface area contributed by atoms with Gasteiger partial charge in [-0.2, -0.15) is 15.0 Å². The molecule has 1 aromatic rings. The van der Waals surface area contributed by atoms with Crippen molar-refractivity contribution in [2.24, 2.45) is 0 Å². The van der Waals surface area contributed by atoms with Crippen molar-refractivity contribution in [3.63, 3.8) is 0 Å². The van der Waals surface area contributed by atoms with Gasteiger partial charge in [0.25, 0.3) is 0 Å². The molecule has 22 heavy (non-hydrogen) atoms. The molecule has 1 amide bonds. The van der Waals surface area contributed by atoms with E-state index in [2.05, 4.69) is 30.9 Å². The number of amides is 1. The Labute approximate surface area is 134 Å². The smallest absolute Gasteiger partial charge is 0.407 e. The first-order chi connectivity index (χ1) is 10.7. The minimum Gasteiger partial charge on any atom is -0.448 e. The molecule has 1 aromatic heterocycles. The van der Waals surface area contributed by atoms with Gasteiger partial charge in [-0.25, -0.2) is 4.79 Å². The number of hydrogen-bond donors (Lipinski definition) is 3. The van der Waals surface area contributed by atoms with E-state index < -0.39 is 6.09 Å². The van der Waals surface area contributed by atoms with E-state index in [1.807, 2.05) is 6.92 Å². The van der Waals surface area contributed by atoms with Crippen LogP contribution < -0.4 is 16.0 Å². The van der Waals surface area contributed by atoms with E-state index in [0.29, 0.717) is 38.1 Å². The highest BCUT2D eigenvalue weighted by Crippen LogP contribution is 2.09. The Morgan fingerprint density at radius 2 is 1.82 bits per heavy atom. The normalized spacial score (nSPS) is 10.1. The van der Waals surface area contributed by atoms with Gasteiger partial charge in [0, 0.05) is 26.8 Å². The van der Waals surface area contributed by atoms with Crippen LogP contribution in [0.2, 0.25) is 5.28 Å². The maximum Gasteiger partial charge on any atom is 0.407 e. The SMILES string of the molecule is CCNC(=O)OCCNc1nc(Cl)nc(NCCCOC)n1. The fourth-order valence-corrected chi connectivity index (χ4v) is 1.59. The number of alkyl carbamates (subject to hydrolysis) is 1. The van der Waals surface area contributed by atoms with Crippen LogP contribution in [0.3, 0.4) is 0 Å². The zero-order valence-corrected chi connectivity index (χ0v) is 13.4. The molecule has 10 heteroatoms. The number of carbonyl (C=O) groups excluding carboxylic acids is 1. The molecule has 0 saturated carbocycles. The Morgan fingerprint density at radius 1 is 1.14 bits per heavy atom. The van der Waals surface area contributed by atoms with Gasteiger partial charge in [-0.3, -0.25) is 0 Å². The summed E-state index contributed by atoms with van der Waals surface area (Å²) in [4.78, 5) is 23.2. The Kier molecular flexibility index (Phi) is 8.92. The van der Waals surface area contributed by atoms with Crippen molar-refractivity contribution >= 4 is 29.6 Å². The molecule has 3 N–H and O–H groups in total. The maximum absolute atomic E-state index is 11.1. The number of aromatic nitrogens is 3. The van der Waals surface area contributed by atoms with Crippen LogP contribution in [0.5, 0.6) is 0 Å². The second-order valence-electron chi connectivity index (χ2n) is 4.12. The molecule has 0 spiro atoms. The Hall–Kier alpha value is -1.87. The first-order valence-electron chi connectivity index (χ1n) is 6.94. The van der Waals surface area contributed by atoms with Crippen molar-refractivity contribution in [3.05, 3.63) is 5.28 Å². The van der Waals surface area contributed by atoms with E-state index in [0.717, 1.165) is 6.42 Å². The third-order valence-electron chi connectivity index (χ3n) is 2.36. The highest BCUT2D eigenvalue weighted by Gasteiger charge is 2.05. The van der Waals surface area contributed by atoms with Crippen molar-refractivity contribution in [1.82, 2.24) is 20.3 Å². The van der Waals surface area contributed by atoms with Gasteiger partial charge < -0.3 is 25.4 Å².